The normalized spacial score (nSPS) is 16.5. The van der Waals surface area contributed by atoms with Crippen molar-refractivity contribution in [2.75, 3.05) is 14.2 Å². The van der Waals surface area contributed by atoms with Crippen molar-refractivity contribution in [3.05, 3.63) is 73.4 Å². The number of aromatic nitrogens is 1. The Hall–Kier alpha value is -3.79. The topological polar surface area (TPSA) is 127 Å². The quantitative estimate of drug-likeness (QED) is 0.590. The number of esters is 2. The summed E-state index contributed by atoms with van der Waals surface area (Å²) in [5.41, 5.74) is 5.70. The fourth-order valence-corrected chi connectivity index (χ4v) is 4.45. The molecule has 1 atom stereocenters. The Bertz CT molecular complexity index is 1320. The molecule has 2 N–H and O–H groups in total. The maximum absolute atomic E-state index is 13.1. The molecule has 0 amide bonds. The van der Waals surface area contributed by atoms with Gasteiger partial charge in [-0.1, -0.05) is 0 Å². The van der Waals surface area contributed by atoms with Crippen LogP contribution in [0.1, 0.15) is 17.4 Å². The van der Waals surface area contributed by atoms with E-state index in [9.17, 15) is 14.4 Å². The van der Waals surface area contributed by atoms with E-state index in [2.05, 4.69) is 0 Å². The average molecular weight is 428 g/mol. The summed E-state index contributed by atoms with van der Waals surface area (Å²) in [6.07, 6.45) is 4.40. The molecule has 10 heteroatoms. The first kappa shape index (κ1) is 19.5. The molecule has 154 valence electrons. The third kappa shape index (κ3) is 2.98. The summed E-state index contributed by atoms with van der Waals surface area (Å²) in [5.74, 6) is -1.95. The van der Waals surface area contributed by atoms with Crippen LogP contribution in [-0.4, -0.2) is 30.7 Å². The van der Waals surface area contributed by atoms with E-state index in [-0.39, 0.29) is 31.9 Å². The highest BCUT2D eigenvalue weighted by atomic mass is 32.1. The van der Waals surface area contributed by atoms with E-state index in [4.69, 9.17) is 24.0 Å². The molecule has 0 bridgehead atoms. The van der Waals surface area contributed by atoms with Gasteiger partial charge in [-0.3, -0.25) is 9.36 Å². The molecule has 0 aromatic carbocycles. The average Bonchev–Trinajstić information content (AvgIpc) is 3.50. The van der Waals surface area contributed by atoms with Gasteiger partial charge in [0, 0.05) is 6.08 Å². The number of fused-ring (bicyclic) bond motifs is 1. The number of ether oxygens (including phenoxy) is 2. The Balaban J connectivity index is 2.14. The number of nitrogens with zero attached hydrogens (tertiary/aromatic N) is 1. The minimum Gasteiger partial charge on any atom is -0.468 e. The van der Waals surface area contributed by atoms with Gasteiger partial charge in [0.1, 0.15) is 22.0 Å². The summed E-state index contributed by atoms with van der Waals surface area (Å²) < 4.78 is 22.2. The van der Waals surface area contributed by atoms with Crippen LogP contribution in [0.25, 0.3) is 17.5 Å². The number of thiazole rings is 1. The van der Waals surface area contributed by atoms with E-state index in [0.29, 0.717) is 5.76 Å². The lowest BCUT2D eigenvalue weighted by Crippen LogP contribution is -2.41. The third-order valence-corrected chi connectivity index (χ3v) is 5.71. The van der Waals surface area contributed by atoms with Crippen LogP contribution >= 0.6 is 11.3 Å². The van der Waals surface area contributed by atoms with Crippen LogP contribution in [0.5, 0.6) is 0 Å². The van der Waals surface area contributed by atoms with Crippen molar-refractivity contribution in [3.8, 4) is 0 Å². The summed E-state index contributed by atoms with van der Waals surface area (Å²) in [7, 11) is 2.39. The molecule has 0 aliphatic carbocycles. The van der Waals surface area contributed by atoms with Gasteiger partial charge in [-0.2, -0.15) is 0 Å². The van der Waals surface area contributed by atoms with E-state index < -0.39 is 23.4 Å². The van der Waals surface area contributed by atoms with Crippen LogP contribution in [-0.2, 0) is 19.1 Å². The molecule has 0 fully saturated rings. The highest BCUT2D eigenvalue weighted by Gasteiger charge is 2.41. The van der Waals surface area contributed by atoms with Crippen molar-refractivity contribution in [3.63, 3.8) is 0 Å². The fourth-order valence-electron chi connectivity index (χ4n) is 3.31. The van der Waals surface area contributed by atoms with Crippen LogP contribution in [0.4, 0.5) is 0 Å². The minimum absolute atomic E-state index is 0.0447. The van der Waals surface area contributed by atoms with E-state index in [1.165, 1.54) is 32.8 Å². The van der Waals surface area contributed by atoms with Gasteiger partial charge in [0.2, 0.25) is 0 Å². The van der Waals surface area contributed by atoms with E-state index in [1.54, 1.807) is 24.3 Å². The van der Waals surface area contributed by atoms with Gasteiger partial charge in [0.05, 0.1) is 48.3 Å². The molecule has 0 unspecified atom stereocenters. The molecule has 4 rings (SSSR count). The number of hydrogen-bond acceptors (Lipinski definition) is 9. The number of nitrogens with two attached hydrogens (primary N) is 1. The second-order valence-corrected chi connectivity index (χ2v) is 7.25. The van der Waals surface area contributed by atoms with Crippen molar-refractivity contribution in [1.29, 1.82) is 0 Å². The van der Waals surface area contributed by atoms with Crippen LogP contribution in [0, 0.1) is 0 Å². The van der Waals surface area contributed by atoms with E-state index in [1.807, 2.05) is 0 Å². The minimum atomic E-state index is -1.01. The van der Waals surface area contributed by atoms with Crippen molar-refractivity contribution in [1.82, 2.24) is 4.57 Å². The first-order valence-electron chi connectivity index (χ1n) is 8.69. The van der Waals surface area contributed by atoms with Gasteiger partial charge in [0.15, 0.2) is 0 Å². The lowest BCUT2D eigenvalue weighted by Gasteiger charge is -2.24. The zero-order valence-corrected chi connectivity index (χ0v) is 16.7. The van der Waals surface area contributed by atoms with Crippen LogP contribution in [0.3, 0.4) is 0 Å². The molecule has 1 aliphatic heterocycles. The molecule has 0 saturated carbocycles. The zero-order valence-electron chi connectivity index (χ0n) is 15.9. The molecule has 3 aromatic rings. The van der Waals surface area contributed by atoms with Crippen LogP contribution in [0.15, 0.2) is 56.0 Å². The van der Waals surface area contributed by atoms with Gasteiger partial charge < -0.3 is 24.0 Å². The Kier molecular flexibility index (Phi) is 4.92. The molecular formula is C20H16N2O7S. The molecule has 3 aromatic heterocycles. The summed E-state index contributed by atoms with van der Waals surface area (Å²) in [6.45, 7) is 0. The molecule has 0 spiro atoms. The number of methoxy groups -OCH3 is 2. The molecule has 0 saturated heterocycles. The second kappa shape index (κ2) is 7.56. The second-order valence-electron chi connectivity index (χ2n) is 6.22. The molecule has 4 heterocycles. The lowest BCUT2D eigenvalue weighted by atomic mass is 9.87. The SMILES string of the molecule is COC(=O)C1=C(N)n2c(sc(=Cc3ccco3)c2=O)=C(C(=O)OC)[C@@H]1c1ccco1. The van der Waals surface area contributed by atoms with Crippen molar-refractivity contribution >= 4 is 40.7 Å². The maximum atomic E-state index is 13.1. The maximum Gasteiger partial charge on any atom is 0.338 e. The van der Waals surface area contributed by atoms with Gasteiger partial charge in [-0.25, -0.2) is 9.59 Å². The smallest absolute Gasteiger partial charge is 0.338 e. The predicted octanol–water partition coefficient (Wildman–Crippen LogP) is 0.346. The Labute approximate surface area is 172 Å². The summed E-state index contributed by atoms with van der Waals surface area (Å²) in [4.78, 5) is 38.5. The van der Waals surface area contributed by atoms with E-state index >= 15 is 0 Å². The summed E-state index contributed by atoms with van der Waals surface area (Å²) in [5, 5.41) is 0. The van der Waals surface area contributed by atoms with Crippen molar-refractivity contribution in [2.24, 2.45) is 5.73 Å². The van der Waals surface area contributed by atoms with Gasteiger partial charge >= 0.3 is 11.9 Å². The zero-order chi connectivity index (χ0) is 21.4. The highest BCUT2D eigenvalue weighted by molar-refractivity contribution is 7.07. The number of rotatable bonds is 4. The molecule has 30 heavy (non-hydrogen) atoms. The molecule has 0 radical (unpaired) electrons. The Morgan fingerprint density at radius 3 is 2.37 bits per heavy atom. The number of carbonyl (C=O) groups is 2. The Morgan fingerprint density at radius 2 is 1.77 bits per heavy atom. The first-order valence-corrected chi connectivity index (χ1v) is 9.51. The largest absolute Gasteiger partial charge is 0.468 e. The van der Waals surface area contributed by atoms with Crippen molar-refractivity contribution < 1.29 is 27.9 Å². The fraction of sp³-hybridized carbons (Fsp3) is 0.150. The van der Waals surface area contributed by atoms with Crippen LogP contribution < -0.4 is 20.5 Å². The van der Waals surface area contributed by atoms with Gasteiger partial charge in [0.25, 0.3) is 5.56 Å². The standard InChI is InChI=1S/C20H16N2O7S/c1-26-19(24)14-13(11-6-4-8-29-11)15(20(25)27-2)18-22(16(14)21)17(23)12(30-18)9-10-5-3-7-28-10/h3-9,13H,21H2,1-2H3/t13-/m1/s1. The summed E-state index contributed by atoms with van der Waals surface area (Å²) in [6, 6.07) is 6.57. The van der Waals surface area contributed by atoms with Crippen molar-refractivity contribution in [2.45, 2.75) is 5.92 Å². The Morgan fingerprint density at radius 1 is 1.10 bits per heavy atom. The third-order valence-electron chi connectivity index (χ3n) is 4.60. The number of furan rings is 2. The number of carbonyl (C=O) groups excluding carboxylic acids is 2. The monoisotopic (exact) mass is 428 g/mol. The molecule has 9 nitrogen and oxygen atoms in total. The predicted molar refractivity (Wildman–Crippen MR) is 106 cm³/mol. The van der Waals surface area contributed by atoms with Gasteiger partial charge in [-0.15, -0.1) is 11.3 Å². The number of hydrogen-bond donors (Lipinski definition) is 1. The lowest BCUT2D eigenvalue weighted by molar-refractivity contribution is -0.136. The van der Waals surface area contributed by atoms with Crippen LogP contribution in [0.2, 0.25) is 0 Å². The highest BCUT2D eigenvalue weighted by Crippen LogP contribution is 2.37. The summed E-state index contributed by atoms with van der Waals surface area (Å²) >= 11 is 1.03. The van der Waals surface area contributed by atoms with E-state index in [0.717, 1.165) is 15.9 Å². The van der Waals surface area contributed by atoms with Gasteiger partial charge in [-0.05, 0) is 24.3 Å². The molecule has 1 aliphatic rings. The first-order chi connectivity index (χ1) is 14.5. The molecular weight excluding hydrogens is 412 g/mol.